The second-order valence-electron chi connectivity index (χ2n) is 5.18. The number of carbonyl (C=O) groups is 2. The van der Waals surface area contributed by atoms with Gasteiger partial charge >= 0.3 is 0 Å². The fraction of sp³-hybridized carbons (Fsp3) is 0.500. The fourth-order valence-corrected chi connectivity index (χ4v) is 2.45. The highest BCUT2D eigenvalue weighted by molar-refractivity contribution is 6.33. The van der Waals surface area contributed by atoms with E-state index in [4.69, 9.17) is 17.3 Å². The second kappa shape index (κ2) is 10.5. The highest BCUT2D eigenvalue weighted by Gasteiger charge is 2.32. The molecular weight excluding hydrogens is 337 g/mol. The van der Waals surface area contributed by atoms with Gasteiger partial charge in [-0.05, 0) is 25.0 Å². The summed E-state index contributed by atoms with van der Waals surface area (Å²) in [6.07, 6.45) is 1.38. The standard InChI is InChI=1S/C16H24ClN3O2.ClH/c1-3-16(4-2,11-18)15(22)20-10-9-19-14(21)12-7-5-6-8-13(12)17;/h5-8H,3-4,9-11,18H2,1-2H3,(H,19,21)(H,20,22);1H. The summed E-state index contributed by atoms with van der Waals surface area (Å²) in [5.74, 6) is -0.317. The molecule has 0 radical (unpaired) electrons. The van der Waals surface area contributed by atoms with Crippen LogP contribution in [0, 0.1) is 5.41 Å². The topological polar surface area (TPSA) is 84.2 Å². The van der Waals surface area contributed by atoms with Crippen LogP contribution in [0.3, 0.4) is 0 Å². The summed E-state index contributed by atoms with van der Waals surface area (Å²) in [6, 6.07) is 6.84. The lowest BCUT2D eigenvalue weighted by molar-refractivity contribution is -0.130. The Morgan fingerprint density at radius 1 is 1.13 bits per heavy atom. The molecule has 0 atom stereocenters. The van der Waals surface area contributed by atoms with Gasteiger partial charge in [-0.1, -0.05) is 37.6 Å². The van der Waals surface area contributed by atoms with Gasteiger partial charge in [0.2, 0.25) is 5.91 Å². The molecule has 0 spiro atoms. The van der Waals surface area contributed by atoms with Gasteiger partial charge in [0.25, 0.3) is 5.91 Å². The van der Waals surface area contributed by atoms with E-state index in [1.807, 2.05) is 13.8 Å². The summed E-state index contributed by atoms with van der Waals surface area (Å²) >= 11 is 5.95. The van der Waals surface area contributed by atoms with Crippen molar-refractivity contribution in [2.24, 2.45) is 11.1 Å². The van der Waals surface area contributed by atoms with Gasteiger partial charge < -0.3 is 16.4 Å². The summed E-state index contributed by atoms with van der Waals surface area (Å²) < 4.78 is 0. The summed E-state index contributed by atoms with van der Waals surface area (Å²) in [5.41, 5.74) is 5.63. The van der Waals surface area contributed by atoms with E-state index in [9.17, 15) is 9.59 Å². The van der Waals surface area contributed by atoms with E-state index >= 15 is 0 Å². The minimum atomic E-state index is -0.521. The quantitative estimate of drug-likeness (QED) is 0.621. The predicted octanol–water partition coefficient (Wildman–Crippen LogP) is 2.37. The molecule has 7 heteroatoms. The molecule has 1 rings (SSSR count). The molecule has 0 bridgehead atoms. The number of halogens is 2. The van der Waals surface area contributed by atoms with Crippen molar-refractivity contribution in [3.8, 4) is 0 Å². The van der Waals surface area contributed by atoms with Gasteiger partial charge in [0, 0.05) is 19.6 Å². The molecule has 23 heavy (non-hydrogen) atoms. The molecule has 130 valence electrons. The van der Waals surface area contributed by atoms with E-state index < -0.39 is 5.41 Å². The number of rotatable bonds is 8. The average Bonchev–Trinajstić information content (AvgIpc) is 2.54. The van der Waals surface area contributed by atoms with Crippen molar-refractivity contribution in [2.75, 3.05) is 19.6 Å². The molecule has 5 nitrogen and oxygen atoms in total. The minimum absolute atomic E-state index is 0. The number of amides is 2. The Bertz CT molecular complexity index is 512. The first-order chi connectivity index (χ1) is 10.5. The second-order valence-corrected chi connectivity index (χ2v) is 5.59. The molecule has 0 aliphatic rings. The smallest absolute Gasteiger partial charge is 0.252 e. The van der Waals surface area contributed by atoms with Crippen LogP contribution in [0.25, 0.3) is 0 Å². The van der Waals surface area contributed by atoms with Crippen molar-refractivity contribution in [1.29, 1.82) is 0 Å². The fourth-order valence-electron chi connectivity index (χ4n) is 2.23. The van der Waals surface area contributed by atoms with Crippen LogP contribution in [-0.4, -0.2) is 31.4 Å². The zero-order valence-electron chi connectivity index (χ0n) is 13.5. The Morgan fingerprint density at radius 2 is 1.70 bits per heavy atom. The Balaban J connectivity index is 0.00000484. The average molecular weight is 362 g/mol. The number of benzene rings is 1. The van der Waals surface area contributed by atoms with Crippen molar-refractivity contribution < 1.29 is 9.59 Å². The van der Waals surface area contributed by atoms with E-state index in [1.54, 1.807) is 24.3 Å². The maximum Gasteiger partial charge on any atom is 0.252 e. The molecule has 0 aliphatic carbocycles. The molecule has 4 N–H and O–H groups in total. The maximum absolute atomic E-state index is 12.2. The largest absolute Gasteiger partial charge is 0.354 e. The molecule has 0 aliphatic heterocycles. The first-order valence-corrected chi connectivity index (χ1v) is 7.89. The molecule has 0 aromatic heterocycles. The van der Waals surface area contributed by atoms with Gasteiger partial charge in [0.05, 0.1) is 16.0 Å². The third kappa shape index (κ3) is 5.68. The van der Waals surface area contributed by atoms with Crippen LogP contribution in [0.15, 0.2) is 24.3 Å². The molecule has 1 aromatic rings. The molecule has 0 saturated heterocycles. The molecule has 0 heterocycles. The first kappa shape index (κ1) is 21.7. The van der Waals surface area contributed by atoms with E-state index in [0.717, 1.165) is 0 Å². The molecular formula is C16H25Cl2N3O2. The lowest BCUT2D eigenvalue weighted by Crippen LogP contribution is -2.47. The van der Waals surface area contributed by atoms with E-state index in [-0.39, 0.29) is 24.2 Å². The lowest BCUT2D eigenvalue weighted by Gasteiger charge is -2.28. The van der Waals surface area contributed by atoms with Crippen LogP contribution >= 0.6 is 24.0 Å². The molecule has 0 unspecified atom stereocenters. The van der Waals surface area contributed by atoms with E-state index in [0.29, 0.717) is 43.1 Å². The van der Waals surface area contributed by atoms with Gasteiger partial charge in [-0.25, -0.2) is 0 Å². The molecule has 0 fully saturated rings. The van der Waals surface area contributed by atoms with Gasteiger partial charge in [-0.3, -0.25) is 9.59 Å². The Labute approximate surface area is 148 Å². The van der Waals surface area contributed by atoms with Crippen LogP contribution in [0.2, 0.25) is 5.02 Å². The van der Waals surface area contributed by atoms with Crippen molar-refractivity contribution in [3.05, 3.63) is 34.9 Å². The van der Waals surface area contributed by atoms with E-state index in [2.05, 4.69) is 10.6 Å². The number of nitrogens with one attached hydrogen (secondary N) is 2. The van der Waals surface area contributed by atoms with Crippen LogP contribution in [0.4, 0.5) is 0 Å². The summed E-state index contributed by atoms with van der Waals surface area (Å²) in [4.78, 5) is 24.1. The van der Waals surface area contributed by atoms with Crippen LogP contribution < -0.4 is 16.4 Å². The first-order valence-electron chi connectivity index (χ1n) is 7.51. The third-order valence-electron chi connectivity index (χ3n) is 4.04. The van der Waals surface area contributed by atoms with Crippen molar-refractivity contribution in [2.45, 2.75) is 26.7 Å². The number of hydrogen-bond donors (Lipinski definition) is 3. The lowest BCUT2D eigenvalue weighted by atomic mass is 9.81. The number of carbonyl (C=O) groups excluding carboxylic acids is 2. The summed E-state index contributed by atoms with van der Waals surface area (Å²) in [5, 5.41) is 5.97. The number of hydrogen-bond acceptors (Lipinski definition) is 3. The number of nitrogens with two attached hydrogens (primary N) is 1. The summed E-state index contributed by atoms with van der Waals surface area (Å²) in [6.45, 7) is 4.92. The van der Waals surface area contributed by atoms with Gasteiger partial charge in [0.15, 0.2) is 0 Å². The predicted molar refractivity (Wildman–Crippen MR) is 96.1 cm³/mol. The zero-order valence-corrected chi connectivity index (χ0v) is 15.1. The Morgan fingerprint density at radius 3 is 2.22 bits per heavy atom. The van der Waals surface area contributed by atoms with Crippen molar-refractivity contribution in [1.82, 2.24) is 10.6 Å². The molecule has 0 saturated carbocycles. The Kier molecular flexibility index (Phi) is 9.88. The van der Waals surface area contributed by atoms with Crippen molar-refractivity contribution in [3.63, 3.8) is 0 Å². The highest BCUT2D eigenvalue weighted by atomic mass is 35.5. The Hall–Kier alpha value is -1.30. The highest BCUT2D eigenvalue weighted by Crippen LogP contribution is 2.24. The minimum Gasteiger partial charge on any atom is -0.354 e. The third-order valence-corrected chi connectivity index (χ3v) is 4.37. The molecule has 1 aromatic carbocycles. The van der Waals surface area contributed by atoms with Crippen LogP contribution in [0.5, 0.6) is 0 Å². The van der Waals surface area contributed by atoms with Gasteiger partial charge in [-0.15, -0.1) is 12.4 Å². The summed E-state index contributed by atoms with van der Waals surface area (Å²) in [7, 11) is 0. The maximum atomic E-state index is 12.2. The van der Waals surface area contributed by atoms with E-state index in [1.165, 1.54) is 0 Å². The SMILES string of the molecule is CCC(CC)(CN)C(=O)NCCNC(=O)c1ccccc1Cl.Cl. The van der Waals surface area contributed by atoms with Gasteiger partial charge in [0.1, 0.15) is 0 Å². The monoisotopic (exact) mass is 361 g/mol. The zero-order chi connectivity index (χ0) is 16.6. The van der Waals surface area contributed by atoms with Crippen LogP contribution in [-0.2, 0) is 4.79 Å². The molecule has 2 amide bonds. The van der Waals surface area contributed by atoms with Crippen molar-refractivity contribution >= 4 is 35.8 Å². The van der Waals surface area contributed by atoms with Gasteiger partial charge in [-0.2, -0.15) is 0 Å². The van der Waals surface area contributed by atoms with Crippen LogP contribution in [0.1, 0.15) is 37.0 Å². The normalized spacial score (nSPS) is 10.6.